The number of aliphatic imine (C=N–C) groups is 1. The van der Waals surface area contributed by atoms with Crippen LogP contribution in [0.2, 0.25) is 0 Å². The normalized spacial score (nSPS) is 22.8. The number of morpholine rings is 1. The summed E-state index contributed by atoms with van der Waals surface area (Å²) in [4.78, 5) is 19.6. The van der Waals surface area contributed by atoms with Crippen LogP contribution in [0.1, 0.15) is 17.2 Å². The summed E-state index contributed by atoms with van der Waals surface area (Å²) in [5, 5.41) is 0.763. The van der Waals surface area contributed by atoms with Crippen LogP contribution >= 0.6 is 11.8 Å². The van der Waals surface area contributed by atoms with Crippen molar-refractivity contribution in [2.45, 2.75) is 6.10 Å². The average Bonchev–Trinajstić information content (AvgIpc) is 3.15. The number of fused-ring (bicyclic) bond motifs is 1. The molecule has 0 bridgehead atoms. The van der Waals surface area contributed by atoms with Gasteiger partial charge in [-0.15, -0.1) is 0 Å². The highest BCUT2D eigenvalue weighted by molar-refractivity contribution is 8.18. The number of amidine groups is 1. The third-order valence-electron chi connectivity index (χ3n) is 5.08. The first-order valence-corrected chi connectivity index (χ1v) is 10.5. The number of rotatable bonds is 2. The first kappa shape index (κ1) is 18.2. The summed E-state index contributed by atoms with van der Waals surface area (Å²) in [5.41, 5.74) is 3.01. The molecule has 146 valence electrons. The lowest BCUT2D eigenvalue weighted by Crippen LogP contribution is -2.38. The van der Waals surface area contributed by atoms with Crippen LogP contribution in [0.25, 0.3) is 6.08 Å². The van der Waals surface area contributed by atoms with Crippen molar-refractivity contribution in [2.24, 2.45) is 4.99 Å². The number of benzene rings is 2. The zero-order valence-corrected chi connectivity index (χ0v) is 16.6. The van der Waals surface area contributed by atoms with Gasteiger partial charge >= 0.3 is 0 Å². The molecular weight excluding hydrogens is 384 g/mol. The molecule has 5 rings (SSSR count). The summed E-state index contributed by atoms with van der Waals surface area (Å²) < 4.78 is 11.7. The smallest absolute Gasteiger partial charge is 0.286 e. The second-order valence-electron chi connectivity index (χ2n) is 7.00. The maximum absolute atomic E-state index is 12.6. The van der Waals surface area contributed by atoms with Gasteiger partial charge in [-0.1, -0.05) is 48.5 Å². The van der Waals surface area contributed by atoms with Crippen molar-refractivity contribution >= 4 is 28.9 Å². The minimum Gasteiger partial charge on any atom is -0.480 e. The molecule has 1 amide bonds. The molecule has 1 unspecified atom stereocenters. The van der Waals surface area contributed by atoms with E-state index in [1.165, 1.54) is 11.8 Å². The minimum atomic E-state index is -0.264. The second kappa shape index (κ2) is 7.89. The van der Waals surface area contributed by atoms with Gasteiger partial charge in [0.05, 0.1) is 18.1 Å². The third-order valence-corrected chi connectivity index (χ3v) is 6.12. The van der Waals surface area contributed by atoms with Crippen LogP contribution in [-0.4, -0.2) is 42.3 Å². The molecule has 0 aromatic heterocycles. The molecule has 1 atom stereocenters. The Hall–Kier alpha value is -2.83. The van der Waals surface area contributed by atoms with Crippen LogP contribution in [0.3, 0.4) is 0 Å². The van der Waals surface area contributed by atoms with Gasteiger partial charge in [0.1, 0.15) is 11.9 Å². The number of thioether (sulfide) groups is 1. The van der Waals surface area contributed by atoms with E-state index in [4.69, 9.17) is 9.47 Å². The van der Waals surface area contributed by atoms with E-state index in [2.05, 4.69) is 16.0 Å². The predicted molar refractivity (Wildman–Crippen MR) is 115 cm³/mol. The van der Waals surface area contributed by atoms with E-state index in [-0.39, 0.29) is 12.0 Å². The van der Waals surface area contributed by atoms with Gasteiger partial charge in [0.2, 0.25) is 0 Å². The van der Waals surface area contributed by atoms with E-state index in [0.717, 1.165) is 40.7 Å². The van der Waals surface area contributed by atoms with E-state index < -0.39 is 0 Å². The number of ether oxygens (including phenoxy) is 2. The number of carbonyl (C=O) groups is 1. The van der Waals surface area contributed by atoms with E-state index >= 15 is 0 Å². The number of hydrogen-bond donors (Lipinski definition) is 0. The van der Waals surface area contributed by atoms with Crippen LogP contribution in [0, 0.1) is 0 Å². The molecule has 0 radical (unpaired) electrons. The van der Waals surface area contributed by atoms with E-state index in [1.54, 1.807) is 0 Å². The highest BCUT2D eigenvalue weighted by atomic mass is 32.2. The van der Waals surface area contributed by atoms with Gasteiger partial charge in [-0.05, 0) is 41.1 Å². The summed E-state index contributed by atoms with van der Waals surface area (Å²) >= 11 is 1.43. The topological polar surface area (TPSA) is 51.1 Å². The fraction of sp³-hybridized carbons (Fsp3) is 0.217. The van der Waals surface area contributed by atoms with Crippen molar-refractivity contribution in [2.75, 3.05) is 26.3 Å². The van der Waals surface area contributed by atoms with Gasteiger partial charge in [-0.2, -0.15) is 4.99 Å². The molecule has 1 fully saturated rings. The number of carbonyl (C=O) groups excluding carboxylic acids is 1. The Labute approximate surface area is 173 Å². The number of para-hydroxylation sites is 1. The molecule has 3 aliphatic heterocycles. The Morgan fingerprint density at radius 1 is 1.03 bits per heavy atom. The van der Waals surface area contributed by atoms with Crippen LogP contribution < -0.4 is 4.74 Å². The second-order valence-corrected chi connectivity index (χ2v) is 8.01. The van der Waals surface area contributed by atoms with Crippen molar-refractivity contribution in [1.29, 1.82) is 0 Å². The van der Waals surface area contributed by atoms with Crippen LogP contribution in [0.15, 0.2) is 76.1 Å². The Kier molecular flexibility index (Phi) is 4.96. The molecule has 0 spiro atoms. The largest absolute Gasteiger partial charge is 0.480 e. The van der Waals surface area contributed by atoms with Crippen LogP contribution in [-0.2, 0) is 9.53 Å². The van der Waals surface area contributed by atoms with E-state index in [9.17, 15) is 4.79 Å². The van der Waals surface area contributed by atoms with Gasteiger partial charge in [0, 0.05) is 18.7 Å². The summed E-state index contributed by atoms with van der Waals surface area (Å²) in [6.07, 6.45) is 3.76. The highest BCUT2D eigenvalue weighted by Crippen LogP contribution is 2.40. The molecular formula is C23H20N2O3S. The summed E-state index contributed by atoms with van der Waals surface area (Å²) in [7, 11) is 0. The first-order valence-electron chi connectivity index (χ1n) is 9.65. The maximum atomic E-state index is 12.6. The highest BCUT2D eigenvalue weighted by Gasteiger charge is 2.30. The lowest BCUT2D eigenvalue weighted by molar-refractivity contribution is -0.113. The van der Waals surface area contributed by atoms with Gasteiger partial charge < -0.3 is 14.4 Å². The number of nitrogens with zero attached hydrogens (tertiary/aromatic N) is 2. The molecule has 0 aliphatic carbocycles. The number of hydrogen-bond acceptors (Lipinski definition) is 5. The first-order chi connectivity index (χ1) is 14.3. The Bertz CT molecular complexity index is 1020. The SMILES string of the molecule is O=C1N=C(N2CCOCC2)S/C1=C/C1=Cc2ccccc2OC1c1ccccc1. The lowest BCUT2D eigenvalue weighted by Gasteiger charge is -2.27. The van der Waals surface area contributed by atoms with Crippen LogP contribution in [0.4, 0.5) is 0 Å². The zero-order valence-electron chi connectivity index (χ0n) is 15.8. The van der Waals surface area contributed by atoms with Crippen molar-refractivity contribution < 1.29 is 14.3 Å². The Balaban J connectivity index is 1.47. The van der Waals surface area contributed by atoms with Gasteiger partial charge in [-0.25, -0.2) is 0 Å². The van der Waals surface area contributed by atoms with Gasteiger partial charge in [0.15, 0.2) is 5.17 Å². The molecule has 2 aromatic carbocycles. The average molecular weight is 404 g/mol. The van der Waals surface area contributed by atoms with E-state index in [1.807, 2.05) is 60.7 Å². The molecule has 3 aliphatic rings. The van der Waals surface area contributed by atoms with Crippen molar-refractivity contribution in [3.63, 3.8) is 0 Å². The Morgan fingerprint density at radius 3 is 2.62 bits per heavy atom. The molecule has 0 N–H and O–H groups in total. The molecule has 5 nitrogen and oxygen atoms in total. The zero-order chi connectivity index (χ0) is 19.6. The van der Waals surface area contributed by atoms with Gasteiger partial charge in [-0.3, -0.25) is 4.79 Å². The lowest BCUT2D eigenvalue weighted by atomic mass is 9.95. The van der Waals surface area contributed by atoms with Gasteiger partial charge in [0.25, 0.3) is 5.91 Å². The van der Waals surface area contributed by atoms with Crippen molar-refractivity contribution in [1.82, 2.24) is 4.90 Å². The van der Waals surface area contributed by atoms with E-state index in [0.29, 0.717) is 18.1 Å². The summed E-state index contributed by atoms with van der Waals surface area (Å²) in [6, 6.07) is 18.0. The van der Waals surface area contributed by atoms with Crippen LogP contribution in [0.5, 0.6) is 5.75 Å². The fourth-order valence-electron chi connectivity index (χ4n) is 3.60. The molecule has 29 heavy (non-hydrogen) atoms. The molecule has 1 saturated heterocycles. The maximum Gasteiger partial charge on any atom is 0.286 e. The molecule has 6 heteroatoms. The number of amides is 1. The summed E-state index contributed by atoms with van der Waals surface area (Å²) in [6.45, 7) is 2.85. The van der Waals surface area contributed by atoms with Crippen molar-refractivity contribution in [3.8, 4) is 5.75 Å². The predicted octanol–water partition coefficient (Wildman–Crippen LogP) is 4.05. The molecule has 3 heterocycles. The standard InChI is InChI=1S/C23H20N2O3S/c26-22-20(29-23(24-22)25-10-12-27-13-11-25)15-18-14-17-8-4-5-9-19(17)28-21(18)16-6-2-1-3-7-16/h1-9,14-15,21H,10-13H2/b20-15+. The Morgan fingerprint density at radius 2 is 1.79 bits per heavy atom. The molecule has 2 aromatic rings. The molecule has 0 saturated carbocycles. The fourth-order valence-corrected chi connectivity index (χ4v) is 4.57. The monoisotopic (exact) mass is 404 g/mol. The van der Waals surface area contributed by atoms with Crippen molar-refractivity contribution in [3.05, 3.63) is 82.3 Å². The third kappa shape index (κ3) is 3.73. The summed E-state index contributed by atoms with van der Waals surface area (Å²) in [5.74, 6) is 0.655. The quantitative estimate of drug-likeness (QED) is 0.707. The minimum absolute atomic E-state index is 0.192.